The van der Waals surface area contributed by atoms with Crippen LogP contribution in [0.2, 0.25) is 0 Å². The van der Waals surface area contributed by atoms with Crippen LogP contribution in [0.15, 0.2) is 47.1 Å². The first-order valence-corrected chi connectivity index (χ1v) is 7.67. The first-order chi connectivity index (χ1) is 11.6. The Kier molecular flexibility index (Phi) is 4.65. The minimum absolute atomic E-state index is 0.566. The largest absolute Gasteiger partial charge is 0.495 e. The number of furan rings is 1. The van der Waals surface area contributed by atoms with Gasteiger partial charge >= 0.3 is 0 Å². The number of hydrogen-bond donors (Lipinski definition) is 2. The van der Waals surface area contributed by atoms with Gasteiger partial charge in [0, 0.05) is 6.07 Å². The van der Waals surface area contributed by atoms with Crippen molar-refractivity contribution in [3.8, 4) is 5.75 Å². The lowest BCUT2D eigenvalue weighted by molar-refractivity contribution is 0.416. The number of aryl methyl sites for hydroxylation is 2. The Labute approximate surface area is 140 Å². The maximum Gasteiger partial charge on any atom is 0.142 e. The molecule has 0 aliphatic rings. The van der Waals surface area contributed by atoms with Gasteiger partial charge in [-0.05, 0) is 43.7 Å². The Morgan fingerprint density at radius 1 is 1.08 bits per heavy atom. The Balaban J connectivity index is 1.79. The molecule has 0 spiro atoms. The average molecular weight is 324 g/mol. The number of aromatic nitrogens is 2. The number of benzene rings is 1. The molecule has 2 N–H and O–H groups in total. The number of methoxy groups -OCH3 is 1. The molecular formula is C18H20N4O2. The van der Waals surface area contributed by atoms with Crippen LogP contribution in [0.1, 0.15) is 17.1 Å². The predicted octanol–water partition coefficient (Wildman–Crippen LogP) is 4.05. The summed E-state index contributed by atoms with van der Waals surface area (Å²) in [6.07, 6.45) is 1.65. The molecule has 6 nitrogen and oxygen atoms in total. The summed E-state index contributed by atoms with van der Waals surface area (Å²) < 4.78 is 10.7. The third-order valence-corrected chi connectivity index (χ3v) is 3.48. The van der Waals surface area contributed by atoms with Crippen molar-refractivity contribution in [2.24, 2.45) is 0 Å². The SMILES string of the molecule is COc1ccc(C)cc1Nc1cc(NCc2ccco2)nc(C)n1. The highest BCUT2D eigenvalue weighted by molar-refractivity contribution is 5.66. The van der Waals surface area contributed by atoms with E-state index in [1.165, 1.54) is 0 Å². The monoisotopic (exact) mass is 324 g/mol. The zero-order chi connectivity index (χ0) is 16.9. The Morgan fingerprint density at radius 2 is 1.92 bits per heavy atom. The second kappa shape index (κ2) is 7.04. The molecule has 124 valence electrons. The Bertz CT molecular complexity index is 816. The van der Waals surface area contributed by atoms with Crippen LogP contribution in [0, 0.1) is 13.8 Å². The topological polar surface area (TPSA) is 72.2 Å². The minimum Gasteiger partial charge on any atom is -0.495 e. The van der Waals surface area contributed by atoms with E-state index in [0.717, 1.165) is 28.6 Å². The maximum absolute atomic E-state index is 5.40. The van der Waals surface area contributed by atoms with Crippen molar-refractivity contribution in [2.45, 2.75) is 20.4 Å². The molecule has 0 bridgehead atoms. The van der Waals surface area contributed by atoms with Crippen molar-refractivity contribution in [3.63, 3.8) is 0 Å². The minimum atomic E-state index is 0.566. The van der Waals surface area contributed by atoms with Gasteiger partial charge in [-0.15, -0.1) is 0 Å². The molecule has 0 radical (unpaired) electrons. The summed E-state index contributed by atoms with van der Waals surface area (Å²) >= 11 is 0. The van der Waals surface area contributed by atoms with E-state index in [-0.39, 0.29) is 0 Å². The van der Waals surface area contributed by atoms with Crippen molar-refractivity contribution >= 4 is 17.3 Å². The van der Waals surface area contributed by atoms with Gasteiger partial charge in [-0.25, -0.2) is 9.97 Å². The van der Waals surface area contributed by atoms with Crippen LogP contribution in [0.25, 0.3) is 0 Å². The van der Waals surface area contributed by atoms with Crippen molar-refractivity contribution in [2.75, 3.05) is 17.7 Å². The first kappa shape index (κ1) is 15.9. The van der Waals surface area contributed by atoms with E-state index in [1.54, 1.807) is 13.4 Å². The third-order valence-electron chi connectivity index (χ3n) is 3.48. The number of hydrogen-bond acceptors (Lipinski definition) is 6. The standard InChI is InChI=1S/C18H20N4O2/c1-12-6-7-16(23-3)15(9-12)22-18-10-17(20-13(2)21-18)19-11-14-5-4-8-24-14/h4-10H,11H2,1-3H3,(H2,19,20,21,22). The van der Waals surface area contributed by atoms with Gasteiger partial charge < -0.3 is 19.8 Å². The number of rotatable bonds is 6. The second-order valence-corrected chi connectivity index (χ2v) is 5.45. The highest BCUT2D eigenvalue weighted by Gasteiger charge is 2.07. The Hall–Kier alpha value is -3.02. The van der Waals surface area contributed by atoms with E-state index in [4.69, 9.17) is 9.15 Å². The van der Waals surface area contributed by atoms with Crippen LogP contribution in [-0.4, -0.2) is 17.1 Å². The number of anilines is 3. The summed E-state index contributed by atoms with van der Waals surface area (Å²) in [5, 5.41) is 6.54. The molecule has 0 fully saturated rings. The van der Waals surface area contributed by atoms with Crippen LogP contribution in [0.4, 0.5) is 17.3 Å². The molecule has 0 saturated heterocycles. The second-order valence-electron chi connectivity index (χ2n) is 5.45. The van der Waals surface area contributed by atoms with Crippen molar-refractivity contribution in [3.05, 3.63) is 59.8 Å². The predicted molar refractivity (Wildman–Crippen MR) is 93.8 cm³/mol. The highest BCUT2D eigenvalue weighted by Crippen LogP contribution is 2.28. The normalized spacial score (nSPS) is 10.5. The fourth-order valence-corrected chi connectivity index (χ4v) is 2.37. The first-order valence-electron chi connectivity index (χ1n) is 7.67. The van der Waals surface area contributed by atoms with Crippen molar-refractivity contribution < 1.29 is 9.15 Å². The molecule has 0 atom stereocenters. The van der Waals surface area contributed by atoms with Gasteiger partial charge in [-0.2, -0.15) is 0 Å². The van der Waals surface area contributed by atoms with Gasteiger partial charge in [0.2, 0.25) is 0 Å². The van der Waals surface area contributed by atoms with E-state index in [0.29, 0.717) is 18.2 Å². The summed E-state index contributed by atoms with van der Waals surface area (Å²) in [6.45, 7) is 4.46. The van der Waals surface area contributed by atoms with Gasteiger partial charge in [0.25, 0.3) is 0 Å². The molecule has 24 heavy (non-hydrogen) atoms. The van der Waals surface area contributed by atoms with E-state index in [2.05, 4.69) is 20.6 Å². The number of nitrogens with one attached hydrogen (secondary N) is 2. The number of nitrogens with zero attached hydrogens (tertiary/aromatic N) is 2. The van der Waals surface area contributed by atoms with Gasteiger partial charge in [-0.1, -0.05) is 6.07 Å². The van der Waals surface area contributed by atoms with Crippen LogP contribution < -0.4 is 15.4 Å². The molecule has 0 aliphatic carbocycles. The molecule has 1 aromatic carbocycles. The van der Waals surface area contributed by atoms with Gasteiger partial charge in [0.05, 0.1) is 25.6 Å². The van der Waals surface area contributed by atoms with Gasteiger partial charge in [0.1, 0.15) is 29.0 Å². The molecule has 3 rings (SSSR count). The lowest BCUT2D eigenvalue weighted by atomic mass is 10.2. The van der Waals surface area contributed by atoms with E-state index < -0.39 is 0 Å². The number of ether oxygens (including phenoxy) is 1. The highest BCUT2D eigenvalue weighted by atomic mass is 16.5. The average Bonchev–Trinajstić information content (AvgIpc) is 3.06. The van der Waals surface area contributed by atoms with Gasteiger partial charge in [0.15, 0.2) is 0 Å². The summed E-state index contributed by atoms with van der Waals surface area (Å²) in [6, 6.07) is 11.6. The van der Waals surface area contributed by atoms with E-state index in [1.807, 2.05) is 50.2 Å². The van der Waals surface area contributed by atoms with Crippen LogP contribution in [-0.2, 0) is 6.54 Å². The summed E-state index contributed by atoms with van der Waals surface area (Å²) in [5.74, 6) is 3.72. The quantitative estimate of drug-likeness (QED) is 0.712. The molecular weight excluding hydrogens is 304 g/mol. The zero-order valence-corrected chi connectivity index (χ0v) is 14.0. The van der Waals surface area contributed by atoms with Crippen molar-refractivity contribution in [1.29, 1.82) is 0 Å². The molecule has 0 aliphatic heterocycles. The Morgan fingerprint density at radius 3 is 2.67 bits per heavy atom. The molecule has 2 aromatic heterocycles. The molecule has 3 aromatic rings. The van der Waals surface area contributed by atoms with E-state index >= 15 is 0 Å². The summed E-state index contributed by atoms with van der Waals surface area (Å²) in [7, 11) is 1.65. The molecule has 0 unspecified atom stereocenters. The zero-order valence-electron chi connectivity index (χ0n) is 14.0. The van der Waals surface area contributed by atoms with Gasteiger partial charge in [-0.3, -0.25) is 0 Å². The van der Waals surface area contributed by atoms with Crippen LogP contribution in [0.5, 0.6) is 5.75 Å². The summed E-state index contributed by atoms with van der Waals surface area (Å²) in [4.78, 5) is 8.84. The third kappa shape index (κ3) is 3.84. The molecule has 2 heterocycles. The summed E-state index contributed by atoms with van der Waals surface area (Å²) in [5.41, 5.74) is 2.01. The molecule has 0 amide bonds. The van der Waals surface area contributed by atoms with Crippen molar-refractivity contribution in [1.82, 2.24) is 9.97 Å². The fraction of sp³-hybridized carbons (Fsp3) is 0.222. The lowest BCUT2D eigenvalue weighted by Gasteiger charge is -2.13. The molecule has 0 saturated carbocycles. The van der Waals surface area contributed by atoms with Crippen LogP contribution >= 0.6 is 0 Å². The van der Waals surface area contributed by atoms with E-state index in [9.17, 15) is 0 Å². The smallest absolute Gasteiger partial charge is 0.142 e. The fourth-order valence-electron chi connectivity index (χ4n) is 2.37. The van der Waals surface area contributed by atoms with Crippen LogP contribution in [0.3, 0.4) is 0 Å². The maximum atomic E-state index is 5.40. The molecule has 6 heteroatoms. The lowest BCUT2D eigenvalue weighted by Crippen LogP contribution is -2.05.